The Morgan fingerprint density at radius 1 is 1.42 bits per heavy atom. The van der Waals surface area contributed by atoms with Gasteiger partial charge in [0, 0.05) is 37.3 Å². The van der Waals surface area contributed by atoms with Crippen LogP contribution in [0.25, 0.3) is 0 Å². The highest BCUT2D eigenvalue weighted by Crippen LogP contribution is 2.25. The number of aromatic nitrogens is 2. The Morgan fingerprint density at radius 3 is 2.92 bits per heavy atom. The van der Waals surface area contributed by atoms with Crippen molar-refractivity contribution in [3.8, 4) is 0 Å². The van der Waals surface area contributed by atoms with Crippen molar-refractivity contribution in [3.05, 3.63) is 40.8 Å². The van der Waals surface area contributed by atoms with Crippen LogP contribution in [0.3, 0.4) is 0 Å². The number of rotatable bonds is 6. The maximum Gasteiger partial charge on any atom is 0.225 e. The molecule has 2 aromatic rings. The van der Waals surface area contributed by atoms with Gasteiger partial charge in [0.1, 0.15) is 5.60 Å². The van der Waals surface area contributed by atoms with Crippen molar-refractivity contribution in [1.29, 1.82) is 0 Å². The fraction of sp³-hybridized carbons (Fsp3) is 0.471. The fourth-order valence-electron chi connectivity index (χ4n) is 3.02. The van der Waals surface area contributed by atoms with E-state index in [0.717, 1.165) is 6.42 Å². The standard InChI is InChI=1S/C17H22N4O2S/c1-20(15(22)6-5-14-4-2-11-24-14)12-17(23)7-10-21(13-17)16-18-8-3-9-19-16/h2-4,8-9,11,23H,5-7,10,12-13H2,1H3. The third-order valence-corrected chi connectivity index (χ3v) is 5.23. The van der Waals surface area contributed by atoms with Crippen LogP contribution in [0.5, 0.6) is 0 Å². The predicted octanol–water partition coefficient (Wildman–Crippen LogP) is 1.57. The Hall–Kier alpha value is -1.99. The zero-order chi connectivity index (χ0) is 17.0. The number of likely N-dealkylation sites (N-methyl/N-ethyl adjacent to an activating group) is 1. The number of carbonyl (C=O) groups is 1. The molecule has 1 unspecified atom stereocenters. The lowest BCUT2D eigenvalue weighted by atomic mass is 10.0. The van der Waals surface area contributed by atoms with Crippen LogP contribution in [0.4, 0.5) is 5.95 Å². The van der Waals surface area contributed by atoms with Gasteiger partial charge in [0.2, 0.25) is 11.9 Å². The molecule has 1 amide bonds. The second-order valence-electron chi connectivity index (χ2n) is 6.27. The van der Waals surface area contributed by atoms with Gasteiger partial charge >= 0.3 is 0 Å². The maximum absolute atomic E-state index is 12.3. The molecule has 0 spiro atoms. The average Bonchev–Trinajstić information content (AvgIpc) is 3.23. The van der Waals surface area contributed by atoms with Crippen molar-refractivity contribution >= 4 is 23.2 Å². The fourth-order valence-corrected chi connectivity index (χ4v) is 3.73. The van der Waals surface area contributed by atoms with Crippen molar-refractivity contribution in [3.63, 3.8) is 0 Å². The summed E-state index contributed by atoms with van der Waals surface area (Å²) < 4.78 is 0. The van der Waals surface area contributed by atoms with Crippen LogP contribution in [0.2, 0.25) is 0 Å². The van der Waals surface area contributed by atoms with Crippen molar-refractivity contribution < 1.29 is 9.90 Å². The first kappa shape index (κ1) is 16.9. The smallest absolute Gasteiger partial charge is 0.225 e. The molecule has 1 fully saturated rings. The summed E-state index contributed by atoms with van der Waals surface area (Å²) in [6.07, 6.45) is 5.22. The highest BCUT2D eigenvalue weighted by Gasteiger charge is 2.38. The van der Waals surface area contributed by atoms with Gasteiger partial charge in [0.05, 0.1) is 13.1 Å². The molecule has 24 heavy (non-hydrogen) atoms. The third-order valence-electron chi connectivity index (χ3n) is 4.29. The van der Waals surface area contributed by atoms with Gasteiger partial charge in [-0.05, 0) is 30.4 Å². The molecule has 128 valence electrons. The van der Waals surface area contributed by atoms with Crippen LogP contribution in [-0.4, -0.2) is 58.2 Å². The van der Waals surface area contributed by atoms with Gasteiger partial charge in [-0.3, -0.25) is 4.79 Å². The maximum atomic E-state index is 12.3. The second kappa shape index (κ2) is 7.27. The molecule has 0 aliphatic carbocycles. The first-order valence-corrected chi connectivity index (χ1v) is 8.94. The minimum atomic E-state index is -0.910. The molecule has 1 atom stereocenters. The number of hydrogen-bond donors (Lipinski definition) is 1. The van der Waals surface area contributed by atoms with Crippen LogP contribution >= 0.6 is 11.3 Å². The van der Waals surface area contributed by atoms with Gasteiger partial charge in [0.25, 0.3) is 0 Å². The van der Waals surface area contributed by atoms with E-state index in [4.69, 9.17) is 0 Å². The SMILES string of the molecule is CN(CC1(O)CCN(c2ncccn2)C1)C(=O)CCc1cccs1. The summed E-state index contributed by atoms with van der Waals surface area (Å²) in [5, 5.41) is 12.8. The van der Waals surface area contributed by atoms with Gasteiger partial charge in [-0.25, -0.2) is 9.97 Å². The quantitative estimate of drug-likeness (QED) is 0.860. The zero-order valence-electron chi connectivity index (χ0n) is 13.8. The molecule has 2 aromatic heterocycles. The first-order chi connectivity index (χ1) is 11.6. The average molecular weight is 346 g/mol. The summed E-state index contributed by atoms with van der Waals surface area (Å²) in [5.41, 5.74) is -0.910. The monoisotopic (exact) mass is 346 g/mol. The Kier molecular flexibility index (Phi) is 5.11. The van der Waals surface area contributed by atoms with Crippen LogP contribution in [0.15, 0.2) is 36.0 Å². The summed E-state index contributed by atoms with van der Waals surface area (Å²) in [4.78, 5) is 25.6. The van der Waals surface area contributed by atoms with Gasteiger partial charge in [-0.2, -0.15) is 0 Å². The van der Waals surface area contributed by atoms with E-state index in [9.17, 15) is 9.90 Å². The number of nitrogens with zero attached hydrogens (tertiary/aromatic N) is 4. The molecule has 7 heteroatoms. The van der Waals surface area contributed by atoms with Crippen LogP contribution < -0.4 is 4.90 Å². The van der Waals surface area contributed by atoms with E-state index >= 15 is 0 Å². The van der Waals surface area contributed by atoms with Gasteiger partial charge in [-0.1, -0.05) is 6.07 Å². The summed E-state index contributed by atoms with van der Waals surface area (Å²) in [5.74, 6) is 0.686. The molecular formula is C17H22N4O2S. The van der Waals surface area contributed by atoms with E-state index in [0.29, 0.717) is 38.4 Å². The van der Waals surface area contributed by atoms with Crippen molar-refractivity contribution in [2.24, 2.45) is 0 Å². The predicted molar refractivity (Wildman–Crippen MR) is 94.1 cm³/mol. The molecule has 1 aliphatic heterocycles. The molecule has 3 rings (SSSR count). The summed E-state index contributed by atoms with van der Waals surface area (Å²) in [6.45, 7) is 1.47. The van der Waals surface area contributed by atoms with Crippen LogP contribution in [0, 0.1) is 0 Å². The number of hydrogen-bond acceptors (Lipinski definition) is 6. The molecule has 1 saturated heterocycles. The van der Waals surface area contributed by atoms with Gasteiger partial charge in [-0.15, -0.1) is 11.3 Å². The number of amides is 1. The van der Waals surface area contributed by atoms with Crippen molar-refractivity contribution in [2.45, 2.75) is 24.9 Å². The van der Waals surface area contributed by atoms with E-state index in [-0.39, 0.29) is 5.91 Å². The number of carbonyl (C=O) groups excluding carboxylic acids is 1. The largest absolute Gasteiger partial charge is 0.386 e. The van der Waals surface area contributed by atoms with E-state index in [1.54, 1.807) is 41.7 Å². The molecule has 0 aromatic carbocycles. The molecule has 1 aliphatic rings. The number of β-amino-alcohol motifs (C(OH)–C–C–N with tert-alkyl or cyclic N) is 1. The lowest BCUT2D eigenvalue weighted by molar-refractivity contribution is -0.132. The molecular weight excluding hydrogens is 324 g/mol. The zero-order valence-corrected chi connectivity index (χ0v) is 14.6. The van der Waals surface area contributed by atoms with Crippen molar-refractivity contribution in [2.75, 3.05) is 31.6 Å². The summed E-state index contributed by atoms with van der Waals surface area (Å²) in [7, 11) is 1.76. The van der Waals surface area contributed by atoms with Crippen LogP contribution in [-0.2, 0) is 11.2 Å². The van der Waals surface area contributed by atoms with E-state index in [2.05, 4.69) is 9.97 Å². The molecule has 6 nitrogen and oxygen atoms in total. The lowest BCUT2D eigenvalue weighted by Crippen LogP contribution is -2.46. The molecule has 0 saturated carbocycles. The highest BCUT2D eigenvalue weighted by molar-refractivity contribution is 7.09. The van der Waals surface area contributed by atoms with Gasteiger partial charge in [0.15, 0.2) is 0 Å². The third kappa shape index (κ3) is 4.10. The molecule has 1 N–H and O–H groups in total. The highest BCUT2D eigenvalue weighted by atomic mass is 32.1. The Bertz CT molecular complexity index is 664. The normalized spacial score (nSPS) is 20.3. The number of aliphatic hydroxyl groups is 1. The molecule has 0 radical (unpaired) electrons. The van der Waals surface area contributed by atoms with E-state index in [1.165, 1.54) is 4.88 Å². The molecule has 0 bridgehead atoms. The Balaban J connectivity index is 1.52. The second-order valence-corrected chi connectivity index (χ2v) is 7.31. The summed E-state index contributed by atoms with van der Waals surface area (Å²) >= 11 is 1.67. The van der Waals surface area contributed by atoms with Gasteiger partial charge < -0.3 is 14.9 Å². The number of anilines is 1. The molecule has 3 heterocycles. The number of aryl methyl sites for hydroxylation is 1. The summed E-state index contributed by atoms with van der Waals surface area (Å²) in [6, 6.07) is 5.81. The van der Waals surface area contributed by atoms with E-state index < -0.39 is 5.60 Å². The minimum Gasteiger partial charge on any atom is -0.386 e. The number of thiophene rings is 1. The lowest BCUT2D eigenvalue weighted by Gasteiger charge is -2.29. The Labute approximate surface area is 145 Å². The topological polar surface area (TPSA) is 69.6 Å². The van der Waals surface area contributed by atoms with E-state index in [1.807, 2.05) is 22.4 Å². The first-order valence-electron chi connectivity index (χ1n) is 8.06. The van der Waals surface area contributed by atoms with Crippen molar-refractivity contribution in [1.82, 2.24) is 14.9 Å². The minimum absolute atomic E-state index is 0.0613. The van der Waals surface area contributed by atoms with Crippen LogP contribution in [0.1, 0.15) is 17.7 Å². The Morgan fingerprint density at radius 2 is 2.21 bits per heavy atom.